The lowest BCUT2D eigenvalue weighted by Crippen LogP contribution is -2.08. The fraction of sp³-hybridized carbons (Fsp3) is 0.0625. The highest BCUT2D eigenvalue weighted by Crippen LogP contribution is 2.22. The third-order valence-corrected chi connectivity index (χ3v) is 3.22. The monoisotopic (exact) mass is 250 g/mol. The Bertz CT molecular complexity index is 790. The lowest BCUT2D eigenvalue weighted by molar-refractivity contribution is 1.31. The number of anilines is 1. The van der Waals surface area contributed by atoms with Crippen LogP contribution in [0.25, 0.3) is 22.0 Å². The van der Waals surface area contributed by atoms with Crippen LogP contribution in [0.1, 0.15) is 0 Å². The van der Waals surface area contributed by atoms with Gasteiger partial charge in [-0.3, -0.25) is 4.79 Å². The Balaban J connectivity index is 2.24. The fourth-order valence-corrected chi connectivity index (χ4v) is 2.20. The average molecular weight is 250 g/mol. The van der Waals surface area contributed by atoms with Crippen LogP contribution in [0.2, 0.25) is 0 Å². The van der Waals surface area contributed by atoms with Gasteiger partial charge in [-0.15, -0.1) is 0 Å². The first-order valence-corrected chi connectivity index (χ1v) is 6.18. The van der Waals surface area contributed by atoms with Gasteiger partial charge in [-0.05, 0) is 35.2 Å². The first-order chi connectivity index (χ1) is 9.28. The van der Waals surface area contributed by atoms with Crippen molar-refractivity contribution in [1.29, 1.82) is 0 Å². The van der Waals surface area contributed by atoms with Crippen LogP contribution < -0.4 is 10.9 Å². The second kappa shape index (κ2) is 4.61. The summed E-state index contributed by atoms with van der Waals surface area (Å²) >= 11 is 0. The molecular weight excluding hydrogens is 236 g/mol. The van der Waals surface area contributed by atoms with Crippen LogP contribution in [0.4, 0.5) is 5.69 Å². The maximum atomic E-state index is 12.2. The quantitative estimate of drug-likeness (QED) is 0.733. The van der Waals surface area contributed by atoms with Gasteiger partial charge in [0.1, 0.15) is 0 Å². The lowest BCUT2D eigenvalue weighted by Gasteiger charge is -2.06. The maximum absolute atomic E-state index is 12.2. The van der Waals surface area contributed by atoms with Crippen molar-refractivity contribution in [3.05, 3.63) is 65.0 Å². The number of H-pyrrole nitrogens is 1. The standard InChI is InChI=1S/C16H14N2O/c1-17-13-7-4-6-11(9-13)14-10-12-5-2-3-8-15(12)18-16(14)19/h2-10,17H,1H3,(H,18,19). The summed E-state index contributed by atoms with van der Waals surface area (Å²) in [4.78, 5) is 15.1. The van der Waals surface area contributed by atoms with E-state index in [2.05, 4.69) is 10.3 Å². The van der Waals surface area contributed by atoms with Crippen LogP contribution in [-0.4, -0.2) is 12.0 Å². The molecule has 0 unspecified atom stereocenters. The molecule has 0 aliphatic rings. The maximum Gasteiger partial charge on any atom is 0.256 e. The van der Waals surface area contributed by atoms with Gasteiger partial charge in [-0.2, -0.15) is 0 Å². The van der Waals surface area contributed by atoms with E-state index in [4.69, 9.17) is 0 Å². The SMILES string of the molecule is CNc1cccc(-c2cc3ccccc3[nH]c2=O)c1. The normalized spacial score (nSPS) is 10.6. The van der Waals surface area contributed by atoms with Gasteiger partial charge in [-0.25, -0.2) is 0 Å². The minimum Gasteiger partial charge on any atom is -0.388 e. The number of para-hydroxylation sites is 1. The van der Waals surface area contributed by atoms with Gasteiger partial charge in [-0.1, -0.05) is 30.3 Å². The molecule has 0 bridgehead atoms. The van der Waals surface area contributed by atoms with Gasteiger partial charge in [0, 0.05) is 23.8 Å². The molecule has 1 aromatic heterocycles. The van der Waals surface area contributed by atoms with E-state index in [1.54, 1.807) is 0 Å². The van der Waals surface area contributed by atoms with Crippen molar-refractivity contribution in [2.45, 2.75) is 0 Å². The van der Waals surface area contributed by atoms with Crippen LogP contribution in [0.3, 0.4) is 0 Å². The van der Waals surface area contributed by atoms with E-state index in [0.29, 0.717) is 5.56 Å². The fourth-order valence-electron chi connectivity index (χ4n) is 2.20. The summed E-state index contributed by atoms with van der Waals surface area (Å²) in [5.74, 6) is 0. The average Bonchev–Trinajstić information content (AvgIpc) is 2.46. The van der Waals surface area contributed by atoms with Crippen molar-refractivity contribution < 1.29 is 0 Å². The number of benzene rings is 2. The van der Waals surface area contributed by atoms with Gasteiger partial charge in [0.05, 0.1) is 0 Å². The summed E-state index contributed by atoms with van der Waals surface area (Å²) in [6, 6.07) is 17.5. The molecule has 0 amide bonds. The second-order valence-electron chi connectivity index (χ2n) is 4.43. The zero-order valence-electron chi connectivity index (χ0n) is 10.6. The van der Waals surface area contributed by atoms with Crippen molar-refractivity contribution in [3.8, 4) is 11.1 Å². The van der Waals surface area contributed by atoms with Gasteiger partial charge >= 0.3 is 0 Å². The minimum atomic E-state index is -0.0630. The van der Waals surface area contributed by atoms with Crippen molar-refractivity contribution >= 4 is 16.6 Å². The second-order valence-corrected chi connectivity index (χ2v) is 4.43. The van der Waals surface area contributed by atoms with Crippen molar-refractivity contribution in [1.82, 2.24) is 4.98 Å². The molecule has 0 atom stereocenters. The van der Waals surface area contributed by atoms with E-state index < -0.39 is 0 Å². The number of hydrogen-bond donors (Lipinski definition) is 2. The number of hydrogen-bond acceptors (Lipinski definition) is 2. The molecule has 3 aromatic rings. The molecule has 19 heavy (non-hydrogen) atoms. The Morgan fingerprint density at radius 2 is 1.84 bits per heavy atom. The molecule has 94 valence electrons. The largest absolute Gasteiger partial charge is 0.388 e. The third kappa shape index (κ3) is 2.10. The molecule has 3 heteroatoms. The van der Waals surface area contributed by atoms with Gasteiger partial charge in [0.2, 0.25) is 0 Å². The third-order valence-electron chi connectivity index (χ3n) is 3.22. The molecule has 0 saturated heterocycles. The Morgan fingerprint density at radius 3 is 2.68 bits per heavy atom. The Kier molecular flexibility index (Phi) is 2.80. The Hall–Kier alpha value is -2.55. The predicted molar refractivity (Wildman–Crippen MR) is 79.6 cm³/mol. The molecule has 2 N–H and O–H groups in total. The summed E-state index contributed by atoms with van der Waals surface area (Å²) in [5, 5.41) is 4.12. The van der Waals surface area contributed by atoms with E-state index in [1.807, 2.05) is 61.6 Å². The molecule has 0 spiro atoms. The summed E-state index contributed by atoms with van der Waals surface area (Å²) in [7, 11) is 1.86. The molecule has 0 aliphatic heterocycles. The summed E-state index contributed by atoms with van der Waals surface area (Å²) in [6.45, 7) is 0. The van der Waals surface area contributed by atoms with Crippen LogP contribution in [0, 0.1) is 0 Å². The van der Waals surface area contributed by atoms with Crippen molar-refractivity contribution in [2.24, 2.45) is 0 Å². The Labute approximate surface area is 110 Å². The zero-order chi connectivity index (χ0) is 13.2. The number of aromatic amines is 1. The van der Waals surface area contributed by atoms with E-state index in [0.717, 1.165) is 22.2 Å². The molecule has 1 heterocycles. The summed E-state index contributed by atoms with van der Waals surface area (Å²) in [5.41, 5.74) is 3.40. The minimum absolute atomic E-state index is 0.0630. The number of nitrogens with one attached hydrogen (secondary N) is 2. The van der Waals surface area contributed by atoms with E-state index in [-0.39, 0.29) is 5.56 Å². The number of aromatic nitrogens is 1. The summed E-state index contributed by atoms with van der Waals surface area (Å²) < 4.78 is 0. The summed E-state index contributed by atoms with van der Waals surface area (Å²) in [6.07, 6.45) is 0. The lowest BCUT2D eigenvalue weighted by atomic mass is 10.0. The molecule has 3 rings (SSSR count). The van der Waals surface area contributed by atoms with E-state index >= 15 is 0 Å². The molecule has 0 fully saturated rings. The van der Waals surface area contributed by atoms with Gasteiger partial charge < -0.3 is 10.3 Å². The van der Waals surface area contributed by atoms with Crippen LogP contribution in [0.5, 0.6) is 0 Å². The smallest absolute Gasteiger partial charge is 0.256 e. The van der Waals surface area contributed by atoms with Crippen molar-refractivity contribution in [3.63, 3.8) is 0 Å². The molecule has 2 aromatic carbocycles. The van der Waals surface area contributed by atoms with Crippen LogP contribution in [0.15, 0.2) is 59.4 Å². The highest BCUT2D eigenvalue weighted by atomic mass is 16.1. The van der Waals surface area contributed by atoms with Gasteiger partial charge in [0.25, 0.3) is 5.56 Å². The number of rotatable bonds is 2. The number of fused-ring (bicyclic) bond motifs is 1. The molecular formula is C16H14N2O. The highest BCUT2D eigenvalue weighted by molar-refractivity contribution is 5.83. The Morgan fingerprint density at radius 1 is 1.00 bits per heavy atom. The number of pyridine rings is 1. The molecule has 3 nitrogen and oxygen atoms in total. The van der Waals surface area contributed by atoms with Crippen LogP contribution in [-0.2, 0) is 0 Å². The molecule has 0 saturated carbocycles. The molecule has 0 radical (unpaired) electrons. The highest BCUT2D eigenvalue weighted by Gasteiger charge is 2.05. The van der Waals surface area contributed by atoms with Crippen LogP contribution >= 0.6 is 0 Å². The van der Waals surface area contributed by atoms with Crippen molar-refractivity contribution in [2.75, 3.05) is 12.4 Å². The predicted octanol–water partition coefficient (Wildman–Crippen LogP) is 3.24. The zero-order valence-corrected chi connectivity index (χ0v) is 10.6. The van der Waals surface area contributed by atoms with E-state index in [1.165, 1.54) is 0 Å². The van der Waals surface area contributed by atoms with Gasteiger partial charge in [0.15, 0.2) is 0 Å². The molecule has 0 aliphatic carbocycles. The first kappa shape index (κ1) is 11.5. The van der Waals surface area contributed by atoms with E-state index in [9.17, 15) is 4.79 Å². The first-order valence-electron chi connectivity index (χ1n) is 6.18. The topological polar surface area (TPSA) is 44.9 Å².